The van der Waals surface area contributed by atoms with Crippen LogP contribution in [0.4, 0.5) is 10.8 Å². The van der Waals surface area contributed by atoms with Crippen molar-refractivity contribution in [1.82, 2.24) is 10.4 Å². The van der Waals surface area contributed by atoms with Gasteiger partial charge in [-0.2, -0.15) is 0 Å². The van der Waals surface area contributed by atoms with Gasteiger partial charge in [-0.25, -0.2) is 10.8 Å². The molecule has 1 amide bonds. The second-order valence-corrected chi connectivity index (χ2v) is 5.62. The Balaban J connectivity index is 2.02. The van der Waals surface area contributed by atoms with Crippen LogP contribution in [-0.2, 0) is 11.2 Å². The van der Waals surface area contributed by atoms with Crippen molar-refractivity contribution in [3.05, 3.63) is 38.9 Å². The van der Waals surface area contributed by atoms with E-state index < -0.39 is 0 Å². The van der Waals surface area contributed by atoms with Crippen molar-refractivity contribution in [1.29, 1.82) is 0 Å². The molecule has 2 rings (SSSR count). The van der Waals surface area contributed by atoms with Gasteiger partial charge in [0.05, 0.1) is 12.1 Å². The zero-order chi connectivity index (χ0) is 13.0. The fourth-order valence-electron chi connectivity index (χ4n) is 1.32. The van der Waals surface area contributed by atoms with E-state index in [-0.39, 0.29) is 12.3 Å². The average Bonchev–Trinajstić information content (AvgIpc) is 2.79. The van der Waals surface area contributed by atoms with Crippen molar-refractivity contribution in [2.75, 3.05) is 5.32 Å². The molecule has 4 N–H and O–H groups in total. The van der Waals surface area contributed by atoms with Crippen LogP contribution in [0.5, 0.6) is 0 Å². The van der Waals surface area contributed by atoms with E-state index in [0.717, 1.165) is 10.8 Å². The number of nitrogens with two attached hydrogens (primary N) is 1. The van der Waals surface area contributed by atoms with Crippen molar-refractivity contribution in [2.45, 2.75) is 6.42 Å². The first-order chi connectivity index (χ1) is 8.67. The number of hydrogen-bond donors (Lipinski definition) is 3. The number of carbonyl (C=O) groups excluding carboxylic acids is 1. The highest BCUT2D eigenvalue weighted by molar-refractivity contribution is 14.1. The van der Waals surface area contributed by atoms with Crippen molar-refractivity contribution in [3.8, 4) is 0 Å². The molecule has 1 aromatic heterocycles. The molecule has 5 nitrogen and oxygen atoms in total. The van der Waals surface area contributed by atoms with Crippen LogP contribution in [0.15, 0.2) is 29.6 Å². The second kappa shape index (κ2) is 6.12. The van der Waals surface area contributed by atoms with E-state index in [1.54, 1.807) is 0 Å². The summed E-state index contributed by atoms with van der Waals surface area (Å²) in [6.45, 7) is 0. The number of anilines is 2. The standard InChI is InChI=1S/C11H11IN4OS/c12-7-1-3-8(4-2-7)14-11-15-9(6-18-11)5-10(17)16-13/h1-4,6H,5,13H2,(H,14,15)(H,16,17). The predicted octanol–water partition coefficient (Wildman–Crippen LogP) is 2.02. The maximum atomic E-state index is 11.1. The van der Waals surface area contributed by atoms with Crippen molar-refractivity contribution < 1.29 is 4.79 Å². The number of nitrogens with one attached hydrogen (secondary N) is 2. The normalized spacial score (nSPS) is 10.1. The van der Waals surface area contributed by atoms with Crippen LogP contribution in [0.3, 0.4) is 0 Å². The van der Waals surface area contributed by atoms with Gasteiger partial charge in [0.25, 0.3) is 0 Å². The summed E-state index contributed by atoms with van der Waals surface area (Å²) in [6, 6.07) is 7.99. The number of benzene rings is 1. The minimum absolute atomic E-state index is 0.196. The van der Waals surface area contributed by atoms with E-state index in [4.69, 9.17) is 5.84 Å². The number of amides is 1. The van der Waals surface area contributed by atoms with Gasteiger partial charge in [-0.05, 0) is 46.9 Å². The summed E-state index contributed by atoms with van der Waals surface area (Å²) in [5, 5.41) is 5.78. The second-order valence-electron chi connectivity index (χ2n) is 3.52. The Morgan fingerprint density at radius 2 is 2.11 bits per heavy atom. The van der Waals surface area contributed by atoms with Crippen LogP contribution in [0, 0.1) is 3.57 Å². The molecular weight excluding hydrogens is 363 g/mol. The zero-order valence-corrected chi connectivity index (χ0v) is 12.3. The van der Waals surface area contributed by atoms with Crippen molar-refractivity contribution in [2.24, 2.45) is 5.84 Å². The van der Waals surface area contributed by atoms with E-state index in [1.165, 1.54) is 14.9 Å². The molecule has 0 saturated heterocycles. The Bertz CT molecular complexity index is 540. The van der Waals surface area contributed by atoms with Gasteiger partial charge in [-0.15, -0.1) is 11.3 Å². The quantitative estimate of drug-likeness (QED) is 0.331. The van der Waals surface area contributed by atoms with Crippen LogP contribution in [-0.4, -0.2) is 10.9 Å². The molecule has 0 saturated carbocycles. The number of thiazole rings is 1. The zero-order valence-electron chi connectivity index (χ0n) is 9.31. The Hall–Kier alpha value is -1.19. The first kappa shape index (κ1) is 13.2. The number of halogens is 1. The molecule has 7 heteroatoms. The van der Waals surface area contributed by atoms with Gasteiger partial charge < -0.3 is 5.32 Å². The van der Waals surface area contributed by atoms with E-state index >= 15 is 0 Å². The number of rotatable bonds is 4. The smallest absolute Gasteiger partial charge is 0.239 e. The molecule has 0 aliphatic carbocycles. The number of nitrogens with zero attached hydrogens (tertiary/aromatic N) is 1. The lowest BCUT2D eigenvalue weighted by molar-refractivity contribution is -0.120. The molecular formula is C11H11IN4OS. The number of hydrogen-bond acceptors (Lipinski definition) is 5. The lowest BCUT2D eigenvalue weighted by Crippen LogP contribution is -2.31. The summed E-state index contributed by atoms with van der Waals surface area (Å²) < 4.78 is 1.18. The third-order valence-electron chi connectivity index (χ3n) is 2.15. The van der Waals surface area contributed by atoms with Crippen LogP contribution in [0.2, 0.25) is 0 Å². The minimum Gasteiger partial charge on any atom is -0.332 e. The molecule has 0 radical (unpaired) electrons. The van der Waals surface area contributed by atoms with Crippen LogP contribution >= 0.6 is 33.9 Å². The maximum Gasteiger partial charge on any atom is 0.239 e. The maximum absolute atomic E-state index is 11.1. The summed E-state index contributed by atoms with van der Waals surface area (Å²) in [5.41, 5.74) is 3.76. The molecule has 0 spiro atoms. The molecule has 94 valence electrons. The first-order valence-electron chi connectivity index (χ1n) is 5.14. The average molecular weight is 374 g/mol. The van der Waals surface area contributed by atoms with Crippen LogP contribution in [0.25, 0.3) is 0 Å². The molecule has 0 fully saturated rings. The fourth-order valence-corrected chi connectivity index (χ4v) is 2.41. The highest BCUT2D eigenvalue weighted by Crippen LogP contribution is 2.21. The molecule has 1 heterocycles. The topological polar surface area (TPSA) is 80.0 Å². The Morgan fingerprint density at radius 1 is 1.39 bits per heavy atom. The third-order valence-corrected chi connectivity index (χ3v) is 3.68. The summed E-state index contributed by atoms with van der Waals surface area (Å²) >= 11 is 3.71. The monoisotopic (exact) mass is 374 g/mol. The SMILES string of the molecule is NNC(=O)Cc1csc(Nc2ccc(I)cc2)n1. The molecule has 0 atom stereocenters. The van der Waals surface area contributed by atoms with Gasteiger partial charge in [0, 0.05) is 14.6 Å². The highest BCUT2D eigenvalue weighted by atomic mass is 127. The molecule has 2 aromatic rings. The third kappa shape index (κ3) is 3.65. The molecule has 0 bridgehead atoms. The lowest BCUT2D eigenvalue weighted by Gasteiger charge is -2.01. The van der Waals surface area contributed by atoms with Crippen molar-refractivity contribution >= 4 is 50.7 Å². The Labute approximate surface area is 122 Å². The highest BCUT2D eigenvalue weighted by Gasteiger charge is 2.06. The van der Waals surface area contributed by atoms with Crippen LogP contribution < -0.4 is 16.6 Å². The molecule has 18 heavy (non-hydrogen) atoms. The van der Waals surface area contributed by atoms with E-state index in [0.29, 0.717) is 5.69 Å². The first-order valence-corrected chi connectivity index (χ1v) is 7.09. The van der Waals surface area contributed by atoms with Crippen LogP contribution in [0.1, 0.15) is 5.69 Å². The molecule has 0 unspecified atom stereocenters. The lowest BCUT2D eigenvalue weighted by atomic mass is 10.3. The Kier molecular flexibility index (Phi) is 4.50. The largest absolute Gasteiger partial charge is 0.332 e. The van der Waals surface area contributed by atoms with Gasteiger partial charge in [-0.1, -0.05) is 0 Å². The molecule has 1 aromatic carbocycles. The molecule has 0 aliphatic rings. The number of aromatic nitrogens is 1. The summed E-state index contributed by atoms with van der Waals surface area (Å²) in [7, 11) is 0. The molecule has 0 aliphatic heterocycles. The van der Waals surface area contributed by atoms with E-state index in [2.05, 4.69) is 38.3 Å². The summed E-state index contributed by atoms with van der Waals surface area (Å²) in [5.74, 6) is 4.78. The van der Waals surface area contributed by atoms with Gasteiger partial charge >= 0.3 is 0 Å². The van der Waals surface area contributed by atoms with Gasteiger partial charge in [0.15, 0.2) is 5.13 Å². The summed E-state index contributed by atoms with van der Waals surface area (Å²) in [6.07, 6.45) is 0.196. The van der Waals surface area contributed by atoms with Crippen molar-refractivity contribution in [3.63, 3.8) is 0 Å². The fraction of sp³-hybridized carbons (Fsp3) is 0.0909. The van der Waals surface area contributed by atoms with Gasteiger partial charge in [0.2, 0.25) is 5.91 Å². The number of hydrazine groups is 1. The van der Waals surface area contributed by atoms with Gasteiger partial charge in [0.1, 0.15) is 0 Å². The van der Waals surface area contributed by atoms with E-state index in [1.807, 2.05) is 29.6 Å². The summed E-state index contributed by atoms with van der Waals surface area (Å²) in [4.78, 5) is 15.4. The number of carbonyl (C=O) groups is 1. The minimum atomic E-state index is -0.249. The Morgan fingerprint density at radius 3 is 2.78 bits per heavy atom. The predicted molar refractivity (Wildman–Crippen MR) is 80.6 cm³/mol. The van der Waals surface area contributed by atoms with E-state index in [9.17, 15) is 4.79 Å². The van der Waals surface area contributed by atoms with Gasteiger partial charge in [-0.3, -0.25) is 10.2 Å².